The van der Waals surface area contributed by atoms with Gasteiger partial charge in [-0.2, -0.15) is 92.2 Å². The number of aromatic nitrogens is 1. The SMILES string of the molecule is FC(F)(F)C(F)(F)C(F)(F)C(F)(F)C(F)(F)C(F)(F)C(F)(F)C(F)(F)C(F)(F)C(F)(F)CC[n+]1ccccc1. The van der Waals surface area contributed by atoms with E-state index in [0.717, 1.165) is 24.5 Å². The van der Waals surface area contributed by atoms with E-state index in [0.29, 0.717) is 4.57 Å². The molecule has 22 heteroatoms. The van der Waals surface area contributed by atoms with Crippen molar-refractivity contribution >= 4 is 0 Å². The molecular formula is C17H9F21N+. The van der Waals surface area contributed by atoms with E-state index in [4.69, 9.17) is 0 Å². The van der Waals surface area contributed by atoms with Gasteiger partial charge in [-0.1, -0.05) is 6.07 Å². The number of rotatable bonds is 11. The van der Waals surface area contributed by atoms with Crippen molar-refractivity contribution < 1.29 is 96.8 Å². The molecule has 0 spiro atoms. The van der Waals surface area contributed by atoms with Crippen LogP contribution in [0.5, 0.6) is 0 Å². The van der Waals surface area contributed by atoms with Crippen LogP contribution in [0.2, 0.25) is 0 Å². The lowest BCUT2D eigenvalue weighted by atomic mass is 9.86. The van der Waals surface area contributed by atoms with Crippen molar-refractivity contribution in [3.05, 3.63) is 30.6 Å². The van der Waals surface area contributed by atoms with Crippen LogP contribution < -0.4 is 4.57 Å². The number of nitrogens with zero attached hydrogens (tertiary/aromatic N) is 1. The second kappa shape index (κ2) is 9.37. The summed E-state index contributed by atoms with van der Waals surface area (Å²) in [7, 11) is 0. The number of aryl methyl sites for hydroxylation is 1. The molecule has 0 unspecified atom stereocenters. The molecule has 1 heterocycles. The molecule has 1 aromatic rings. The standard InChI is InChI=1S/C17H9F21N/c18-8(19,4-7-39-5-2-1-3-6-39)9(20,21)10(22,23)11(24,25)12(26,27)13(28,29)14(30,31)15(32,33)16(34,35)17(36,37)38/h1-3,5-6H,4,7H2/q+1. The van der Waals surface area contributed by atoms with Crippen LogP contribution in [0.3, 0.4) is 0 Å². The first kappa shape index (κ1) is 34.7. The van der Waals surface area contributed by atoms with E-state index < -0.39 is 72.4 Å². The summed E-state index contributed by atoms with van der Waals surface area (Å²) in [6.45, 7) is -1.51. The van der Waals surface area contributed by atoms with Crippen LogP contribution in [0.15, 0.2) is 30.6 Å². The van der Waals surface area contributed by atoms with Gasteiger partial charge in [0.25, 0.3) is 0 Å². The molecule has 0 fully saturated rings. The fraction of sp³-hybridized carbons (Fsp3) is 0.706. The Labute approximate surface area is 201 Å². The third-order valence-electron chi connectivity index (χ3n) is 5.04. The zero-order valence-electron chi connectivity index (χ0n) is 17.7. The van der Waals surface area contributed by atoms with E-state index in [-0.39, 0.29) is 0 Å². The Morgan fingerprint density at radius 2 is 0.641 bits per heavy atom. The Bertz CT molecular complexity index is 993. The molecule has 0 amide bonds. The first-order valence-electron chi connectivity index (χ1n) is 9.24. The Kier molecular flexibility index (Phi) is 8.34. The summed E-state index contributed by atoms with van der Waals surface area (Å²) in [6, 6.07) is 3.17. The quantitative estimate of drug-likeness (QED) is 0.176. The molecule has 1 nitrogen and oxygen atoms in total. The summed E-state index contributed by atoms with van der Waals surface area (Å²) in [5.41, 5.74) is 0. The van der Waals surface area contributed by atoms with E-state index in [2.05, 4.69) is 0 Å². The highest BCUT2D eigenvalue weighted by molar-refractivity contribution is 5.17. The van der Waals surface area contributed by atoms with Crippen LogP contribution in [0.1, 0.15) is 6.42 Å². The average molecular weight is 626 g/mol. The van der Waals surface area contributed by atoms with Crippen molar-refractivity contribution in [1.82, 2.24) is 0 Å². The van der Waals surface area contributed by atoms with Gasteiger partial charge < -0.3 is 0 Å². The van der Waals surface area contributed by atoms with Crippen molar-refractivity contribution in [1.29, 1.82) is 0 Å². The van der Waals surface area contributed by atoms with Gasteiger partial charge in [-0.05, 0) is 0 Å². The molecule has 39 heavy (non-hydrogen) atoms. The highest BCUT2D eigenvalue weighted by Gasteiger charge is 2.97. The van der Waals surface area contributed by atoms with Gasteiger partial charge in [0, 0.05) is 12.1 Å². The van der Waals surface area contributed by atoms with Gasteiger partial charge in [-0.3, -0.25) is 0 Å². The third kappa shape index (κ3) is 4.71. The minimum atomic E-state index is -9.16. The summed E-state index contributed by atoms with van der Waals surface area (Å²) >= 11 is 0. The number of halogens is 21. The van der Waals surface area contributed by atoms with Crippen molar-refractivity contribution in [3.63, 3.8) is 0 Å². The normalized spacial score (nSPS) is 16.0. The van der Waals surface area contributed by atoms with Crippen LogP contribution in [0.25, 0.3) is 0 Å². The lowest BCUT2D eigenvalue weighted by Crippen LogP contribution is -2.76. The Hall–Kier alpha value is -2.32. The molecular weight excluding hydrogens is 617 g/mol. The highest BCUT2D eigenvalue weighted by atomic mass is 19.4. The summed E-state index contributed by atoms with van der Waals surface area (Å²) in [5, 5.41) is 0. The van der Waals surface area contributed by atoms with Crippen molar-refractivity contribution in [3.8, 4) is 0 Å². The van der Waals surface area contributed by atoms with Crippen LogP contribution >= 0.6 is 0 Å². The summed E-state index contributed by atoms with van der Waals surface area (Å²) in [4.78, 5) is 0. The molecule has 228 valence electrons. The van der Waals surface area contributed by atoms with Crippen LogP contribution in [-0.4, -0.2) is 59.5 Å². The number of pyridine rings is 1. The van der Waals surface area contributed by atoms with Crippen molar-refractivity contribution in [2.75, 3.05) is 0 Å². The average Bonchev–Trinajstić information content (AvgIpc) is 2.76. The number of alkyl halides is 21. The Morgan fingerprint density at radius 3 is 0.949 bits per heavy atom. The van der Waals surface area contributed by atoms with Gasteiger partial charge in [0.05, 0.1) is 6.42 Å². The summed E-state index contributed by atoms with van der Waals surface area (Å²) in [6.07, 6.45) is -9.12. The second-order valence-electron chi connectivity index (χ2n) is 7.66. The van der Waals surface area contributed by atoms with Crippen LogP contribution in [-0.2, 0) is 6.54 Å². The van der Waals surface area contributed by atoms with Gasteiger partial charge in [0.2, 0.25) is 0 Å². The first-order chi connectivity index (χ1) is 16.8. The van der Waals surface area contributed by atoms with E-state index in [1.54, 1.807) is 0 Å². The first-order valence-corrected chi connectivity index (χ1v) is 9.24. The van der Waals surface area contributed by atoms with E-state index >= 15 is 0 Å². The minimum absolute atomic E-state index is 0.479. The molecule has 0 radical (unpaired) electrons. The van der Waals surface area contributed by atoms with Crippen LogP contribution in [0.4, 0.5) is 92.2 Å². The fourth-order valence-corrected chi connectivity index (χ4v) is 2.60. The van der Waals surface area contributed by atoms with Gasteiger partial charge in [0.15, 0.2) is 18.9 Å². The molecule has 0 bridgehead atoms. The largest absolute Gasteiger partial charge is 0.460 e. The monoisotopic (exact) mass is 626 g/mol. The fourth-order valence-electron chi connectivity index (χ4n) is 2.60. The van der Waals surface area contributed by atoms with E-state index in [9.17, 15) is 92.2 Å². The molecule has 0 saturated carbocycles. The molecule has 0 aliphatic heterocycles. The van der Waals surface area contributed by atoms with Gasteiger partial charge >= 0.3 is 59.5 Å². The van der Waals surface area contributed by atoms with Crippen molar-refractivity contribution in [2.45, 2.75) is 72.4 Å². The second-order valence-corrected chi connectivity index (χ2v) is 7.66. The van der Waals surface area contributed by atoms with Gasteiger partial charge in [-0.15, -0.1) is 0 Å². The van der Waals surface area contributed by atoms with Gasteiger partial charge in [-0.25, -0.2) is 4.57 Å². The minimum Gasteiger partial charge on any atom is -0.205 e. The lowest BCUT2D eigenvalue weighted by molar-refractivity contribution is -0.700. The predicted octanol–water partition coefficient (Wildman–Crippen LogP) is 7.64. The smallest absolute Gasteiger partial charge is 0.205 e. The Balaban J connectivity index is 3.63. The highest BCUT2D eigenvalue weighted by Crippen LogP contribution is 2.66. The maximum absolute atomic E-state index is 13.8. The molecule has 0 saturated heterocycles. The maximum Gasteiger partial charge on any atom is 0.460 e. The molecule has 0 aromatic carbocycles. The summed E-state index contributed by atoms with van der Waals surface area (Å²) in [5.74, 6) is -76.6. The van der Waals surface area contributed by atoms with E-state index in [1.165, 1.54) is 6.07 Å². The zero-order chi connectivity index (χ0) is 31.5. The molecule has 0 atom stereocenters. The maximum atomic E-state index is 13.8. The van der Waals surface area contributed by atoms with Crippen molar-refractivity contribution in [2.24, 2.45) is 0 Å². The Morgan fingerprint density at radius 1 is 0.359 bits per heavy atom. The molecule has 1 rings (SSSR count). The summed E-state index contributed by atoms with van der Waals surface area (Å²) < 4.78 is 280. The molecule has 0 N–H and O–H groups in total. The lowest BCUT2D eigenvalue weighted by Gasteiger charge is -2.44. The topological polar surface area (TPSA) is 3.88 Å². The van der Waals surface area contributed by atoms with Crippen LogP contribution in [0, 0.1) is 0 Å². The third-order valence-corrected chi connectivity index (χ3v) is 5.04. The number of hydrogen-bond acceptors (Lipinski definition) is 0. The molecule has 0 aliphatic carbocycles. The zero-order valence-corrected chi connectivity index (χ0v) is 17.7. The van der Waals surface area contributed by atoms with E-state index in [1.807, 2.05) is 0 Å². The number of hydrogen-bond donors (Lipinski definition) is 0. The molecule has 0 aliphatic rings. The molecule has 1 aromatic heterocycles. The van der Waals surface area contributed by atoms with Gasteiger partial charge in [0.1, 0.15) is 0 Å². The predicted molar refractivity (Wildman–Crippen MR) is 81.8 cm³/mol.